The number of halogens is 1. The third-order valence-corrected chi connectivity index (χ3v) is 7.52. The number of carbonyl (C=O) groups excluding carboxylic acids is 1. The highest BCUT2D eigenvalue weighted by Gasteiger charge is 2.39. The highest BCUT2D eigenvalue weighted by Crippen LogP contribution is 2.41. The standard InChI is InChI=1S/C28H26FN3O4S/c1-32-17-25(23-12-13-30-27(23)28(32)33)24-15-22(37(2,34)35)10-11-26(24)36-21-5-3-4-20(14-21)31-16-18-6-8-19(29)9-7-18/h3-15,17,23,27,30-31H,16H2,1-2H3. The van der Waals surface area contributed by atoms with Crippen molar-refractivity contribution in [3.05, 3.63) is 102 Å². The third kappa shape index (κ3) is 5.22. The molecule has 3 aromatic carbocycles. The average Bonchev–Trinajstić information content (AvgIpc) is 3.36. The molecule has 0 saturated carbocycles. The summed E-state index contributed by atoms with van der Waals surface area (Å²) in [6, 6.07) is 18.0. The molecule has 2 heterocycles. The van der Waals surface area contributed by atoms with Crippen LogP contribution in [0.3, 0.4) is 0 Å². The summed E-state index contributed by atoms with van der Waals surface area (Å²) in [6.45, 7) is 0.508. The van der Waals surface area contributed by atoms with Gasteiger partial charge in [-0.15, -0.1) is 0 Å². The van der Waals surface area contributed by atoms with Gasteiger partial charge in [-0.25, -0.2) is 12.8 Å². The van der Waals surface area contributed by atoms with Crippen molar-refractivity contribution >= 4 is 27.0 Å². The van der Waals surface area contributed by atoms with E-state index in [9.17, 15) is 17.6 Å². The van der Waals surface area contributed by atoms with Crippen molar-refractivity contribution in [1.82, 2.24) is 10.2 Å². The number of carbonyl (C=O) groups is 1. The van der Waals surface area contributed by atoms with Gasteiger partial charge in [-0.1, -0.05) is 24.3 Å². The lowest BCUT2D eigenvalue weighted by atomic mass is 9.85. The van der Waals surface area contributed by atoms with Crippen LogP contribution in [0.25, 0.3) is 5.57 Å². The van der Waals surface area contributed by atoms with Gasteiger partial charge in [-0.2, -0.15) is 0 Å². The molecule has 2 aliphatic rings. The quantitative estimate of drug-likeness (QED) is 0.476. The van der Waals surface area contributed by atoms with Crippen LogP contribution in [0.1, 0.15) is 11.1 Å². The SMILES string of the molecule is CN1C=C(c2cc(S(C)(=O)=O)ccc2Oc2cccc(NCc3ccc(F)cc3)c2)C2C=CNC2C1=O. The fourth-order valence-electron chi connectivity index (χ4n) is 4.47. The highest BCUT2D eigenvalue weighted by molar-refractivity contribution is 7.90. The van der Waals surface area contributed by atoms with Crippen molar-refractivity contribution in [3.63, 3.8) is 0 Å². The molecule has 5 rings (SSSR count). The van der Waals surface area contributed by atoms with Crippen LogP contribution in [0.5, 0.6) is 11.5 Å². The van der Waals surface area contributed by atoms with E-state index >= 15 is 0 Å². The Morgan fingerprint density at radius 1 is 1.08 bits per heavy atom. The molecule has 0 radical (unpaired) electrons. The molecule has 0 fully saturated rings. The molecule has 0 spiro atoms. The first kappa shape index (κ1) is 24.6. The normalized spacial score (nSPS) is 18.7. The lowest BCUT2D eigenvalue weighted by Gasteiger charge is -2.32. The molecule has 0 bridgehead atoms. The molecule has 0 saturated heterocycles. The molecule has 2 atom stereocenters. The number of amides is 1. The smallest absolute Gasteiger partial charge is 0.249 e. The second-order valence-electron chi connectivity index (χ2n) is 9.10. The fourth-order valence-corrected chi connectivity index (χ4v) is 5.12. The predicted octanol–water partition coefficient (Wildman–Crippen LogP) is 4.55. The van der Waals surface area contributed by atoms with Crippen LogP contribution in [0.15, 0.2) is 90.1 Å². The minimum absolute atomic E-state index is 0.0691. The Labute approximate surface area is 215 Å². The summed E-state index contributed by atoms with van der Waals surface area (Å²) in [7, 11) is -1.80. The maximum absolute atomic E-state index is 13.2. The van der Waals surface area contributed by atoms with Gasteiger partial charge in [0.2, 0.25) is 5.91 Å². The molecule has 3 aromatic rings. The summed E-state index contributed by atoms with van der Waals surface area (Å²) in [5.41, 5.74) is 3.11. The van der Waals surface area contributed by atoms with Crippen molar-refractivity contribution in [3.8, 4) is 11.5 Å². The summed E-state index contributed by atoms with van der Waals surface area (Å²) >= 11 is 0. The van der Waals surface area contributed by atoms with E-state index in [2.05, 4.69) is 10.6 Å². The molecular formula is C28H26FN3O4S. The first-order valence-electron chi connectivity index (χ1n) is 11.7. The summed E-state index contributed by atoms with van der Waals surface area (Å²) in [5, 5.41) is 6.39. The van der Waals surface area contributed by atoms with Gasteiger partial charge in [-0.3, -0.25) is 4.79 Å². The lowest BCUT2D eigenvalue weighted by molar-refractivity contribution is -0.130. The number of nitrogens with one attached hydrogen (secondary N) is 2. The van der Waals surface area contributed by atoms with Gasteiger partial charge in [0.1, 0.15) is 23.4 Å². The molecular weight excluding hydrogens is 493 g/mol. The van der Waals surface area contributed by atoms with Crippen LogP contribution in [-0.4, -0.2) is 38.6 Å². The van der Waals surface area contributed by atoms with Crippen LogP contribution in [0, 0.1) is 11.7 Å². The Bertz CT molecular complexity index is 1520. The summed E-state index contributed by atoms with van der Waals surface area (Å²) in [5.74, 6) is 0.409. The van der Waals surface area contributed by atoms with Crippen molar-refractivity contribution in [2.45, 2.75) is 17.5 Å². The van der Waals surface area contributed by atoms with Crippen LogP contribution in [0.2, 0.25) is 0 Å². The van der Waals surface area contributed by atoms with E-state index in [1.54, 1.807) is 43.7 Å². The minimum Gasteiger partial charge on any atom is -0.457 e. The first-order chi connectivity index (χ1) is 17.7. The molecule has 2 N–H and O–H groups in total. The van der Waals surface area contributed by atoms with E-state index in [0.717, 1.165) is 23.1 Å². The maximum Gasteiger partial charge on any atom is 0.249 e. The zero-order valence-corrected chi connectivity index (χ0v) is 21.1. The van der Waals surface area contributed by atoms with Crippen LogP contribution in [0.4, 0.5) is 10.1 Å². The average molecular weight is 520 g/mol. The number of likely N-dealkylation sites (N-methyl/N-ethyl adjacent to an activating group) is 1. The van der Waals surface area contributed by atoms with E-state index in [0.29, 0.717) is 23.6 Å². The number of anilines is 1. The zero-order chi connectivity index (χ0) is 26.2. The predicted molar refractivity (Wildman–Crippen MR) is 140 cm³/mol. The van der Waals surface area contributed by atoms with Gasteiger partial charge in [0.15, 0.2) is 9.84 Å². The largest absolute Gasteiger partial charge is 0.457 e. The maximum atomic E-state index is 13.2. The van der Waals surface area contributed by atoms with Crippen molar-refractivity contribution in [2.75, 3.05) is 18.6 Å². The van der Waals surface area contributed by atoms with Gasteiger partial charge >= 0.3 is 0 Å². The van der Waals surface area contributed by atoms with Gasteiger partial charge in [-0.05, 0) is 59.8 Å². The van der Waals surface area contributed by atoms with E-state index in [1.165, 1.54) is 23.1 Å². The number of fused-ring (bicyclic) bond motifs is 1. The van der Waals surface area contributed by atoms with Crippen LogP contribution in [-0.2, 0) is 21.2 Å². The molecule has 9 heteroatoms. The molecule has 2 aliphatic heterocycles. The molecule has 190 valence electrons. The van der Waals surface area contributed by atoms with Crippen molar-refractivity contribution in [1.29, 1.82) is 0 Å². The van der Waals surface area contributed by atoms with Crippen molar-refractivity contribution < 1.29 is 22.3 Å². The van der Waals surface area contributed by atoms with Gasteiger partial charge in [0.25, 0.3) is 0 Å². The fraction of sp³-hybridized carbons (Fsp3) is 0.179. The number of hydrogen-bond acceptors (Lipinski definition) is 6. The topological polar surface area (TPSA) is 87.7 Å². The molecule has 7 nitrogen and oxygen atoms in total. The molecule has 37 heavy (non-hydrogen) atoms. The van der Waals surface area contributed by atoms with E-state index < -0.39 is 15.9 Å². The lowest BCUT2D eigenvalue weighted by Crippen LogP contribution is -2.46. The number of benzene rings is 3. The van der Waals surface area contributed by atoms with Gasteiger partial charge in [0.05, 0.1) is 4.90 Å². The van der Waals surface area contributed by atoms with Crippen LogP contribution >= 0.6 is 0 Å². The van der Waals surface area contributed by atoms with Crippen molar-refractivity contribution in [2.24, 2.45) is 5.92 Å². The summed E-state index contributed by atoms with van der Waals surface area (Å²) in [4.78, 5) is 14.3. The Balaban J connectivity index is 1.47. The third-order valence-electron chi connectivity index (χ3n) is 6.41. The first-order valence-corrected chi connectivity index (χ1v) is 13.6. The second-order valence-corrected chi connectivity index (χ2v) is 11.1. The summed E-state index contributed by atoms with van der Waals surface area (Å²) in [6.07, 6.45) is 6.54. The Hall–Kier alpha value is -4.11. The van der Waals surface area contributed by atoms with E-state index in [1.807, 2.05) is 30.3 Å². The number of hydrogen-bond donors (Lipinski definition) is 2. The monoisotopic (exact) mass is 519 g/mol. The number of rotatable bonds is 7. The second kappa shape index (κ2) is 9.74. The van der Waals surface area contributed by atoms with E-state index in [4.69, 9.17) is 4.74 Å². The minimum atomic E-state index is -3.47. The Morgan fingerprint density at radius 2 is 1.86 bits per heavy atom. The Morgan fingerprint density at radius 3 is 2.62 bits per heavy atom. The molecule has 1 amide bonds. The molecule has 0 aromatic heterocycles. The molecule has 0 aliphatic carbocycles. The zero-order valence-electron chi connectivity index (χ0n) is 20.3. The van der Waals surface area contributed by atoms with E-state index in [-0.39, 0.29) is 22.5 Å². The molecule has 2 unspecified atom stereocenters. The number of sulfone groups is 1. The van der Waals surface area contributed by atoms with Crippen LogP contribution < -0.4 is 15.4 Å². The number of nitrogens with zero attached hydrogens (tertiary/aromatic N) is 1. The summed E-state index contributed by atoms with van der Waals surface area (Å²) < 4.78 is 44.2. The van der Waals surface area contributed by atoms with Gasteiger partial charge in [0, 0.05) is 49.3 Å². The highest BCUT2D eigenvalue weighted by atomic mass is 32.2. The van der Waals surface area contributed by atoms with Gasteiger partial charge < -0.3 is 20.3 Å². The number of ether oxygens (including phenoxy) is 1. The Kier molecular flexibility index (Phi) is 6.47.